The number of rotatable bonds is 3. The molecule has 0 bridgehead atoms. The largest absolute Gasteiger partial charge is 0.390 e. The molecule has 1 atom stereocenters. The molecule has 15 heavy (non-hydrogen) atoms. The number of halogens is 4. The Kier molecular flexibility index (Phi) is 3.72. The highest BCUT2D eigenvalue weighted by atomic mass is 79.9. The first kappa shape index (κ1) is 12.4. The Morgan fingerprint density at radius 1 is 1.53 bits per heavy atom. The van der Waals surface area contributed by atoms with Crippen LogP contribution in [-0.4, -0.2) is 22.6 Å². The van der Waals surface area contributed by atoms with E-state index >= 15 is 0 Å². The Labute approximate surface area is 93.3 Å². The molecule has 0 saturated carbocycles. The second kappa shape index (κ2) is 4.49. The van der Waals surface area contributed by atoms with E-state index in [1.165, 1.54) is 6.07 Å². The number of alkyl halides is 2. The number of nitrogens with zero attached hydrogens (tertiary/aromatic N) is 1. The predicted molar refractivity (Wildman–Crippen MR) is 52.3 cm³/mol. The quantitative estimate of drug-likeness (QED) is 0.866. The summed E-state index contributed by atoms with van der Waals surface area (Å²) in [6, 6.07) is 2.37. The van der Waals surface area contributed by atoms with E-state index in [9.17, 15) is 13.2 Å². The second-order valence-corrected chi connectivity index (χ2v) is 3.95. The highest BCUT2D eigenvalue weighted by Crippen LogP contribution is 2.33. The molecule has 84 valence electrons. The minimum atomic E-state index is -3.38. The Morgan fingerprint density at radius 3 is 2.67 bits per heavy atom. The van der Waals surface area contributed by atoms with Crippen molar-refractivity contribution in [1.82, 2.24) is 4.98 Å². The third-order valence-corrected chi connectivity index (χ3v) is 2.54. The van der Waals surface area contributed by atoms with Crippen molar-refractivity contribution in [2.45, 2.75) is 18.8 Å². The monoisotopic (exact) mass is 283 g/mol. The van der Waals surface area contributed by atoms with Crippen LogP contribution >= 0.6 is 15.9 Å². The summed E-state index contributed by atoms with van der Waals surface area (Å²) in [6.45, 7) is -0.212. The summed E-state index contributed by atoms with van der Waals surface area (Å²) in [5.74, 6) is -5.66. The first-order chi connectivity index (χ1) is 6.88. The molecule has 0 aliphatic rings. The number of aliphatic hydroxyl groups excluding tert-OH is 1. The number of pyridine rings is 1. The van der Waals surface area contributed by atoms with Crippen LogP contribution in [0.15, 0.2) is 16.7 Å². The van der Waals surface area contributed by atoms with E-state index in [2.05, 4.69) is 20.9 Å². The Hall–Kier alpha value is -0.620. The second-order valence-electron chi connectivity index (χ2n) is 3.14. The van der Waals surface area contributed by atoms with Gasteiger partial charge in [-0.1, -0.05) is 6.92 Å². The highest BCUT2D eigenvalue weighted by Gasteiger charge is 2.39. The fourth-order valence-corrected chi connectivity index (χ4v) is 1.40. The summed E-state index contributed by atoms with van der Waals surface area (Å²) in [4.78, 5) is 3.64. The van der Waals surface area contributed by atoms with Crippen LogP contribution in [-0.2, 0) is 0 Å². The summed E-state index contributed by atoms with van der Waals surface area (Å²) in [5, 5.41) is 8.47. The maximum Gasteiger partial charge on any atom is 0.278 e. The van der Waals surface area contributed by atoms with Gasteiger partial charge in [-0.2, -0.15) is 0 Å². The van der Waals surface area contributed by atoms with E-state index < -0.39 is 24.3 Å². The average molecular weight is 284 g/mol. The summed E-state index contributed by atoms with van der Waals surface area (Å²) >= 11 is 2.97. The standard InChI is InChI=1S/C9H9BrF3NO/c1-5(9(12,13)4-15)8-6(11)2-3-7(10)14-8/h2-3,5,15H,4H2,1H3. The van der Waals surface area contributed by atoms with Gasteiger partial charge in [-0.05, 0) is 28.1 Å². The van der Waals surface area contributed by atoms with Gasteiger partial charge in [-0.15, -0.1) is 0 Å². The van der Waals surface area contributed by atoms with Crippen LogP contribution in [0.4, 0.5) is 13.2 Å². The molecule has 0 spiro atoms. The lowest BCUT2D eigenvalue weighted by Crippen LogP contribution is -2.29. The number of hydrogen-bond acceptors (Lipinski definition) is 2. The van der Waals surface area contributed by atoms with E-state index in [-0.39, 0.29) is 10.3 Å². The fraction of sp³-hybridized carbons (Fsp3) is 0.444. The van der Waals surface area contributed by atoms with Crippen LogP contribution in [0.3, 0.4) is 0 Å². The Bertz CT molecular complexity index is 359. The van der Waals surface area contributed by atoms with Crippen molar-refractivity contribution in [2.24, 2.45) is 0 Å². The molecule has 1 aromatic heterocycles. The van der Waals surface area contributed by atoms with E-state index in [0.29, 0.717) is 0 Å². The molecule has 6 heteroatoms. The van der Waals surface area contributed by atoms with Crippen LogP contribution in [0.25, 0.3) is 0 Å². The summed E-state index contributed by atoms with van der Waals surface area (Å²) in [5.41, 5.74) is -0.358. The number of aliphatic hydroxyl groups is 1. The van der Waals surface area contributed by atoms with E-state index in [0.717, 1.165) is 13.0 Å². The normalized spacial score (nSPS) is 14.0. The molecule has 0 radical (unpaired) electrons. The van der Waals surface area contributed by atoms with Crippen molar-refractivity contribution in [2.75, 3.05) is 6.61 Å². The molecule has 0 aliphatic carbocycles. The van der Waals surface area contributed by atoms with E-state index in [4.69, 9.17) is 5.11 Å². The Balaban J connectivity index is 3.10. The van der Waals surface area contributed by atoms with Crippen LogP contribution < -0.4 is 0 Å². The van der Waals surface area contributed by atoms with Gasteiger partial charge in [0.1, 0.15) is 17.0 Å². The minimum Gasteiger partial charge on any atom is -0.390 e. The topological polar surface area (TPSA) is 33.1 Å². The molecule has 0 amide bonds. The first-order valence-electron chi connectivity index (χ1n) is 4.19. The first-order valence-corrected chi connectivity index (χ1v) is 4.98. The smallest absolute Gasteiger partial charge is 0.278 e. The van der Waals surface area contributed by atoms with Gasteiger partial charge >= 0.3 is 0 Å². The zero-order chi connectivity index (χ0) is 11.6. The van der Waals surface area contributed by atoms with Crippen molar-refractivity contribution in [3.05, 3.63) is 28.2 Å². The van der Waals surface area contributed by atoms with Crippen molar-refractivity contribution in [3.63, 3.8) is 0 Å². The van der Waals surface area contributed by atoms with Gasteiger partial charge in [-0.25, -0.2) is 18.2 Å². The molecular formula is C9H9BrF3NO. The van der Waals surface area contributed by atoms with Crippen molar-refractivity contribution in [3.8, 4) is 0 Å². The molecule has 0 aromatic carbocycles. The van der Waals surface area contributed by atoms with Crippen LogP contribution in [0, 0.1) is 5.82 Å². The zero-order valence-corrected chi connectivity index (χ0v) is 9.43. The van der Waals surface area contributed by atoms with Crippen LogP contribution in [0.5, 0.6) is 0 Å². The molecule has 0 fully saturated rings. The van der Waals surface area contributed by atoms with E-state index in [1.54, 1.807) is 0 Å². The molecular weight excluding hydrogens is 275 g/mol. The molecule has 0 aliphatic heterocycles. The van der Waals surface area contributed by atoms with Crippen molar-refractivity contribution < 1.29 is 18.3 Å². The fourth-order valence-electron chi connectivity index (χ4n) is 1.07. The molecule has 1 rings (SSSR count). The summed E-state index contributed by atoms with van der Waals surface area (Å²) < 4.78 is 39.6. The predicted octanol–water partition coefficient (Wildman–Crippen LogP) is 2.71. The average Bonchev–Trinajstić information content (AvgIpc) is 2.20. The number of aromatic nitrogens is 1. The van der Waals surface area contributed by atoms with Gasteiger partial charge in [0.05, 0.1) is 11.6 Å². The highest BCUT2D eigenvalue weighted by molar-refractivity contribution is 9.10. The minimum absolute atomic E-state index is 0.277. The van der Waals surface area contributed by atoms with Gasteiger partial charge in [0.2, 0.25) is 0 Å². The molecule has 1 heterocycles. The molecule has 1 N–H and O–H groups in total. The van der Waals surface area contributed by atoms with Crippen molar-refractivity contribution >= 4 is 15.9 Å². The third-order valence-electron chi connectivity index (χ3n) is 2.09. The van der Waals surface area contributed by atoms with E-state index in [1.807, 2.05) is 0 Å². The number of hydrogen-bond donors (Lipinski definition) is 1. The van der Waals surface area contributed by atoms with Gasteiger partial charge in [0.25, 0.3) is 5.92 Å². The van der Waals surface area contributed by atoms with Gasteiger partial charge in [0, 0.05) is 0 Å². The van der Waals surface area contributed by atoms with Crippen LogP contribution in [0.2, 0.25) is 0 Å². The zero-order valence-electron chi connectivity index (χ0n) is 7.85. The molecule has 0 saturated heterocycles. The lowest BCUT2D eigenvalue weighted by atomic mass is 9.99. The molecule has 2 nitrogen and oxygen atoms in total. The maximum absolute atomic E-state index is 13.2. The van der Waals surface area contributed by atoms with Gasteiger partial charge < -0.3 is 5.11 Å². The van der Waals surface area contributed by atoms with Crippen molar-refractivity contribution in [1.29, 1.82) is 0 Å². The molecule has 1 aromatic rings. The maximum atomic E-state index is 13.2. The lowest BCUT2D eigenvalue weighted by molar-refractivity contribution is -0.0698. The summed E-state index contributed by atoms with van der Waals surface area (Å²) in [7, 11) is 0. The SMILES string of the molecule is CC(c1nc(Br)ccc1F)C(F)(F)CO. The lowest BCUT2D eigenvalue weighted by Gasteiger charge is -2.21. The Morgan fingerprint density at radius 2 is 2.13 bits per heavy atom. The van der Waals surface area contributed by atoms with Gasteiger partial charge in [-0.3, -0.25) is 0 Å². The summed E-state index contributed by atoms with van der Waals surface area (Å²) in [6.07, 6.45) is 0. The third kappa shape index (κ3) is 2.69. The van der Waals surface area contributed by atoms with Crippen LogP contribution in [0.1, 0.15) is 18.5 Å². The molecule has 1 unspecified atom stereocenters. The van der Waals surface area contributed by atoms with Gasteiger partial charge in [0.15, 0.2) is 0 Å².